The van der Waals surface area contributed by atoms with Crippen LogP contribution in [0.1, 0.15) is 31.2 Å². The minimum absolute atomic E-state index is 0. The van der Waals surface area contributed by atoms with E-state index in [0.717, 1.165) is 24.7 Å². The van der Waals surface area contributed by atoms with Crippen LogP contribution in [0.25, 0.3) is 0 Å². The van der Waals surface area contributed by atoms with Gasteiger partial charge in [-0.2, -0.15) is 0 Å². The van der Waals surface area contributed by atoms with E-state index in [1.165, 1.54) is 12.8 Å². The summed E-state index contributed by atoms with van der Waals surface area (Å²) in [6.07, 6.45) is 5.87. The second-order valence-electron chi connectivity index (χ2n) is 7.02. The molecular weight excluding hydrogens is 362 g/mol. The third-order valence-electron chi connectivity index (χ3n) is 4.97. The summed E-state index contributed by atoms with van der Waals surface area (Å²) >= 11 is 0. The van der Waals surface area contributed by atoms with Crippen LogP contribution in [0.15, 0.2) is 24.3 Å². The number of nitrogens with one attached hydrogen (secondary N) is 2. The van der Waals surface area contributed by atoms with Crippen molar-refractivity contribution in [1.82, 2.24) is 10.2 Å². The van der Waals surface area contributed by atoms with Gasteiger partial charge >= 0.3 is 0 Å². The Kier molecular flexibility index (Phi) is 6.35. The maximum Gasteiger partial charge on any atom is 0.229 e. The number of likely N-dealkylation sites (N-methyl/N-ethyl adjacent to an activating group) is 1. The monoisotopic (exact) mass is 387 g/mol. The SMILES string of the molecule is CN(C(=O)Cc1cccc(NS(C)(=O)=O)c1)C1CC2CCC(C1)N2.Cl. The number of sulfonamides is 1. The molecule has 8 heteroatoms. The number of piperidine rings is 1. The third kappa shape index (κ3) is 5.33. The zero-order valence-electron chi connectivity index (χ0n) is 14.6. The molecule has 2 saturated heterocycles. The predicted molar refractivity (Wildman–Crippen MR) is 102 cm³/mol. The van der Waals surface area contributed by atoms with E-state index < -0.39 is 10.0 Å². The first-order chi connectivity index (χ1) is 11.3. The topological polar surface area (TPSA) is 78.5 Å². The molecule has 1 amide bonds. The van der Waals surface area contributed by atoms with Crippen LogP contribution in [0.5, 0.6) is 0 Å². The zero-order valence-corrected chi connectivity index (χ0v) is 16.2. The van der Waals surface area contributed by atoms with Gasteiger partial charge in [-0.05, 0) is 43.4 Å². The van der Waals surface area contributed by atoms with E-state index in [4.69, 9.17) is 0 Å². The summed E-state index contributed by atoms with van der Waals surface area (Å²) in [5.41, 5.74) is 1.31. The molecule has 3 rings (SSSR count). The van der Waals surface area contributed by atoms with Crippen molar-refractivity contribution in [2.75, 3.05) is 18.0 Å². The van der Waals surface area contributed by atoms with Crippen LogP contribution in [-0.4, -0.2) is 50.7 Å². The number of anilines is 1. The lowest BCUT2D eigenvalue weighted by molar-refractivity contribution is -0.131. The second-order valence-corrected chi connectivity index (χ2v) is 8.77. The first kappa shape index (κ1) is 20.0. The Morgan fingerprint density at radius 2 is 1.92 bits per heavy atom. The van der Waals surface area contributed by atoms with Gasteiger partial charge in [0.15, 0.2) is 0 Å². The molecule has 140 valence electrons. The normalized spacial score (nSPS) is 25.1. The molecule has 6 nitrogen and oxygen atoms in total. The van der Waals surface area contributed by atoms with Crippen LogP contribution in [0.3, 0.4) is 0 Å². The van der Waals surface area contributed by atoms with Crippen molar-refractivity contribution < 1.29 is 13.2 Å². The van der Waals surface area contributed by atoms with Crippen molar-refractivity contribution in [2.24, 2.45) is 0 Å². The number of carbonyl (C=O) groups is 1. The van der Waals surface area contributed by atoms with E-state index in [2.05, 4.69) is 10.0 Å². The average molecular weight is 388 g/mol. The highest BCUT2D eigenvalue weighted by Crippen LogP contribution is 2.29. The average Bonchev–Trinajstić information content (AvgIpc) is 2.83. The molecular formula is C17H26ClN3O3S. The van der Waals surface area contributed by atoms with Crippen molar-refractivity contribution in [2.45, 2.75) is 50.2 Å². The van der Waals surface area contributed by atoms with Crippen molar-refractivity contribution in [3.8, 4) is 0 Å². The van der Waals surface area contributed by atoms with Crippen LogP contribution in [0.2, 0.25) is 0 Å². The van der Waals surface area contributed by atoms with Gasteiger partial charge in [0.25, 0.3) is 0 Å². The molecule has 2 aliphatic rings. The lowest BCUT2D eigenvalue weighted by Crippen LogP contribution is -2.49. The summed E-state index contributed by atoms with van der Waals surface area (Å²) in [4.78, 5) is 14.5. The first-order valence-corrected chi connectivity index (χ1v) is 10.3. The minimum Gasteiger partial charge on any atom is -0.342 e. The summed E-state index contributed by atoms with van der Waals surface area (Å²) in [6, 6.07) is 8.42. The molecule has 1 aromatic carbocycles. The maximum absolute atomic E-state index is 12.6. The molecule has 2 aliphatic heterocycles. The molecule has 0 aliphatic carbocycles. The molecule has 0 aromatic heterocycles. The molecule has 2 bridgehead atoms. The highest BCUT2D eigenvalue weighted by Gasteiger charge is 2.36. The fourth-order valence-corrected chi connectivity index (χ4v) is 4.36. The van der Waals surface area contributed by atoms with Gasteiger partial charge in [-0.3, -0.25) is 9.52 Å². The van der Waals surface area contributed by atoms with Gasteiger partial charge in [0.05, 0.1) is 12.7 Å². The van der Waals surface area contributed by atoms with E-state index >= 15 is 0 Å². The number of carbonyl (C=O) groups excluding carboxylic acids is 1. The van der Waals surface area contributed by atoms with Crippen molar-refractivity contribution in [3.63, 3.8) is 0 Å². The quantitative estimate of drug-likeness (QED) is 0.807. The Labute approximate surface area is 155 Å². The molecule has 2 unspecified atom stereocenters. The van der Waals surface area contributed by atoms with Gasteiger partial charge < -0.3 is 10.2 Å². The lowest BCUT2D eigenvalue weighted by atomic mass is 9.98. The van der Waals surface area contributed by atoms with Gasteiger partial charge in [-0.1, -0.05) is 12.1 Å². The van der Waals surface area contributed by atoms with Crippen LogP contribution in [0, 0.1) is 0 Å². The largest absolute Gasteiger partial charge is 0.342 e. The van der Waals surface area contributed by atoms with Gasteiger partial charge in [-0.25, -0.2) is 8.42 Å². The van der Waals surface area contributed by atoms with Crippen LogP contribution >= 0.6 is 12.4 Å². The summed E-state index contributed by atoms with van der Waals surface area (Å²) in [6.45, 7) is 0. The molecule has 0 spiro atoms. The maximum atomic E-state index is 12.6. The molecule has 25 heavy (non-hydrogen) atoms. The molecule has 2 N–H and O–H groups in total. The van der Waals surface area contributed by atoms with E-state index in [-0.39, 0.29) is 24.7 Å². The van der Waals surface area contributed by atoms with Crippen molar-refractivity contribution >= 4 is 34.0 Å². The number of nitrogens with zero attached hydrogens (tertiary/aromatic N) is 1. The van der Waals surface area contributed by atoms with Crippen LogP contribution in [-0.2, 0) is 21.2 Å². The summed E-state index contributed by atoms with van der Waals surface area (Å²) in [7, 11) is -1.43. The van der Waals surface area contributed by atoms with Gasteiger partial charge in [0.1, 0.15) is 0 Å². The molecule has 0 radical (unpaired) electrons. The zero-order chi connectivity index (χ0) is 17.3. The van der Waals surface area contributed by atoms with Crippen LogP contribution in [0.4, 0.5) is 5.69 Å². The number of fused-ring (bicyclic) bond motifs is 2. The van der Waals surface area contributed by atoms with E-state index in [1.54, 1.807) is 18.2 Å². The van der Waals surface area contributed by atoms with Crippen molar-refractivity contribution in [3.05, 3.63) is 29.8 Å². The number of hydrogen-bond acceptors (Lipinski definition) is 4. The Morgan fingerprint density at radius 3 is 2.52 bits per heavy atom. The van der Waals surface area contributed by atoms with Crippen LogP contribution < -0.4 is 10.0 Å². The highest BCUT2D eigenvalue weighted by atomic mass is 35.5. The highest BCUT2D eigenvalue weighted by molar-refractivity contribution is 7.92. The molecule has 2 heterocycles. The number of rotatable bonds is 5. The van der Waals surface area contributed by atoms with Gasteiger partial charge in [0, 0.05) is 30.9 Å². The smallest absolute Gasteiger partial charge is 0.229 e. The summed E-state index contributed by atoms with van der Waals surface area (Å²) in [5, 5.41) is 3.59. The Hall–Kier alpha value is -1.31. The van der Waals surface area contributed by atoms with E-state index in [1.807, 2.05) is 18.0 Å². The van der Waals surface area contributed by atoms with Crippen molar-refractivity contribution in [1.29, 1.82) is 0 Å². The van der Waals surface area contributed by atoms with E-state index in [0.29, 0.717) is 23.8 Å². The number of hydrogen-bond donors (Lipinski definition) is 2. The molecule has 2 atom stereocenters. The number of halogens is 1. The fourth-order valence-electron chi connectivity index (χ4n) is 3.81. The standard InChI is InChI=1S/C17H25N3O3S.ClH/c1-20(16-10-13-6-7-14(11-16)18-13)17(21)9-12-4-3-5-15(8-12)19-24(2,22)23;/h3-5,8,13-14,16,18-19H,6-7,9-11H2,1-2H3;1H. The number of amides is 1. The van der Waals surface area contributed by atoms with Gasteiger partial charge in [-0.15, -0.1) is 12.4 Å². The Morgan fingerprint density at radius 1 is 1.28 bits per heavy atom. The first-order valence-electron chi connectivity index (χ1n) is 8.38. The van der Waals surface area contributed by atoms with E-state index in [9.17, 15) is 13.2 Å². The Balaban J connectivity index is 0.00000225. The van der Waals surface area contributed by atoms with Gasteiger partial charge in [0.2, 0.25) is 15.9 Å². The summed E-state index contributed by atoms with van der Waals surface area (Å²) in [5.74, 6) is 0.0813. The summed E-state index contributed by atoms with van der Waals surface area (Å²) < 4.78 is 25.1. The second kappa shape index (κ2) is 7.93. The molecule has 2 fully saturated rings. The molecule has 1 aromatic rings. The predicted octanol–water partition coefficient (Wildman–Crippen LogP) is 1.76. The Bertz CT molecular complexity index is 714. The minimum atomic E-state index is -3.31. The lowest BCUT2D eigenvalue weighted by Gasteiger charge is -2.35. The number of benzene rings is 1. The third-order valence-corrected chi connectivity index (χ3v) is 5.58. The fraction of sp³-hybridized carbons (Fsp3) is 0.588. The molecule has 0 saturated carbocycles.